The maximum absolute atomic E-state index is 12.7. The molecule has 0 aromatic rings. The number of hydrogen-bond donors (Lipinski definition) is 5. The third-order valence-electron chi connectivity index (χ3n) is 8.75. The van der Waals surface area contributed by atoms with Gasteiger partial charge in [-0.05, 0) is 83.5 Å². The number of phosphoric ester groups is 2. The molecule has 16 heteroatoms. The Bertz CT molecular complexity index is 1560. The van der Waals surface area contributed by atoms with Crippen LogP contribution in [0.15, 0.2) is 109 Å². The first-order chi connectivity index (χ1) is 30.8. The monoisotopic (exact) mass is 940 g/mol. The van der Waals surface area contributed by atoms with Crippen molar-refractivity contribution in [3.05, 3.63) is 109 Å². The highest BCUT2D eigenvalue weighted by molar-refractivity contribution is 7.47. The Morgan fingerprint density at radius 1 is 0.531 bits per heavy atom. The number of esters is 2. The zero-order chi connectivity index (χ0) is 47.4. The van der Waals surface area contributed by atoms with Crippen LogP contribution in [0.3, 0.4) is 0 Å². The Morgan fingerprint density at radius 3 is 1.59 bits per heavy atom. The number of hydrogen-bond acceptors (Lipinski definition) is 11. The number of allylic oxidation sites excluding steroid dienone is 17. The van der Waals surface area contributed by atoms with Crippen LogP contribution in [0, 0.1) is 0 Å². The van der Waals surface area contributed by atoms with Crippen LogP contribution >= 0.6 is 15.6 Å². The predicted molar refractivity (Wildman–Crippen MR) is 254 cm³/mol. The van der Waals surface area contributed by atoms with Gasteiger partial charge in [0.05, 0.1) is 25.9 Å². The summed E-state index contributed by atoms with van der Waals surface area (Å²) in [5.41, 5.74) is 0. The third kappa shape index (κ3) is 45.3. The summed E-state index contributed by atoms with van der Waals surface area (Å²) < 4.78 is 47.6. The van der Waals surface area contributed by atoms with Gasteiger partial charge in [0.25, 0.3) is 0 Å². The van der Waals surface area contributed by atoms with Crippen molar-refractivity contribution in [1.29, 1.82) is 0 Å². The van der Waals surface area contributed by atoms with Crippen molar-refractivity contribution in [2.75, 3.05) is 26.4 Å². The molecule has 5 N–H and O–H groups in total. The molecule has 2 unspecified atom stereocenters. The fourth-order valence-corrected chi connectivity index (χ4v) is 6.44. The van der Waals surface area contributed by atoms with E-state index in [1.807, 2.05) is 12.2 Å². The number of carbonyl (C=O) groups excluding carboxylic acids is 2. The van der Waals surface area contributed by atoms with Crippen LogP contribution in [0.2, 0.25) is 0 Å². The molecule has 0 aromatic heterocycles. The van der Waals surface area contributed by atoms with Gasteiger partial charge in [0.1, 0.15) is 12.7 Å². The van der Waals surface area contributed by atoms with Gasteiger partial charge in [0.2, 0.25) is 0 Å². The highest BCUT2D eigenvalue weighted by Crippen LogP contribution is 2.43. The van der Waals surface area contributed by atoms with Gasteiger partial charge in [-0.2, -0.15) is 0 Å². The zero-order valence-corrected chi connectivity index (χ0v) is 40.0. The lowest BCUT2D eigenvalue weighted by atomic mass is 10.1. The first-order valence-corrected chi connectivity index (χ1v) is 25.7. The van der Waals surface area contributed by atoms with E-state index in [0.717, 1.165) is 77.0 Å². The third-order valence-corrected chi connectivity index (χ3v) is 10.2. The Hall–Kier alpha value is -3.26. The van der Waals surface area contributed by atoms with Crippen LogP contribution in [0.4, 0.5) is 0 Å². The number of carbonyl (C=O) groups is 2. The minimum Gasteiger partial charge on any atom is -0.462 e. The summed E-state index contributed by atoms with van der Waals surface area (Å²) in [5, 5.41) is 20.1. The van der Waals surface area contributed by atoms with Gasteiger partial charge in [-0.15, -0.1) is 0 Å². The van der Waals surface area contributed by atoms with Crippen molar-refractivity contribution in [1.82, 2.24) is 0 Å². The number of aliphatic hydroxyl groups is 2. The van der Waals surface area contributed by atoms with Gasteiger partial charge in [-0.3, -0.25) is 23.2 Å². The van der Waals surface area contributed by atoms with Gasteiger partial charge in [0, 0.05) is 12.8 Å². The van der Waals surface area contributed by atoms with Gasteiger partial charge in [-0.1, -0.05) is 149 Å². The summed E-state index contributed by atoms with van der Waals surface area (Å²) in [4.78, 5) is 52.8. The van der Waals surface area contributed by atoms with Crippen molar-refractivity contribution in [3.8, 4) is 0 Å². The quantitative estimate of drug-likeness (QED) is 0.0127. The van der Waals surface area contributed by atoms with E-state index < -0.39 is 72.3 Å². The van der Waals surface area contributed by atoms with Crippen LogP contribution < -0.4 is 0 Å². The topological polar surface area (TPSA) is 216 Å². The molecule has 0 heterocycles. The molecular weight excluding hydrogens is 862 g/mol. The van der Waals surface area contributed by atoms with Gasteiger partial charge in [0.15, 0.2) is 6.10 Å². The first-order valence-electron chi connectivity index (χ1n) is 22.7. The summed E-state index contributed by atoms with van der Waals surface area (Å²) in [6.07, 6.45) is 48.3. The number of aliphatic hydroxyl groups excluding tert-OH is 2. The average molecular weight is 941 g/mol. The first kappa shape index (κ1) is 60.7. The van der Waals surface area contributed by atoms with E-state index in [1.54, 1.807) is 18.2 Å². The average Bonchev–Trinajstić information content (AvgIpc) is 3.25. The van der Waals surface area contributed by atoms with E-state index in [4.69, 9.17) is 23.8 Å². The van der Waals surface area contributed by atoms with E-state index in [1.165, 1.54) is 19.3 Å². The van der Waals surface area contributed by atoms with Crippen LogP contribution in [-0.2, 0) is 41.8 Å². The van der Waals surface area contributed by atoms with Crippen molar-refractivity contribution in [2.24, 2.45) is 0 Å². The molecule has 0 radical (unpaired) electrons. The fraction of sp³-hybridized carbons (Fsp3) is 0.583. The molecule has 0 rings (SSSR count). The molecule has 0 saturated carbocycles. The van der Waals surface area contributed by atoms with E-state index in [-0.39, 0.29) is 19.3 Å². The Labute approximate surface area is 383 Å². The molecule has 0 bridgehead atoms. The second kappa shape index (κ2) is 42.4. The molecule has 0 amide bonds. The molecule has 0 aromatic carbocycles. The number of ether oxygens (including phenoxy) is 2. The Kier molecular flexibility index (Phi) is 40.2. The van der Waals surface area contributed by atoms with E-state index in [9.17, 15) is 33.8 Å². The lowest BCUT2D eigenvalue weighted by Crippen LogP contribution is -2.30. The second-order valence-corrected chi connectivity index (χ2v) is 17.5. The van der Waals surface area contributed by atoms with Crippen molar-refractivity contribution < 1.29 is 66.7 Å². The molecule has 364 valence electrons. The van der Waals surface area contributed by atoms with Crippen LogP contribution in [-0.4, -0.2) is 81.6 Å². The Balaban J connectivity index is 4.78. The molecule has 0 aliphatic heterocycles. The maximum Gasteiger partial charge on any atom is 0.472 e. The summed E-state index contributed by atoms with van der Waals surface area (Å²) >= 11 is 0. The van der Waals surface area contributed by atoms with Gasteiger partial charge < -0.3 is 34.4 Å². The predicted octanol–water partition coefficient (Wildman–Crippen LogP) is 10.9. The summed E-state index contributed by atoms with van der Waals surface area (Å²) in [5.74, 6) is -1.35. The number of phosphoric acid groups is 2. The standard InChI is InChI=1S/C48H78O14P2/c1-3-5-7-9-11-13-15-17-19-21-23-25-27-29-31-33-35-37-48(52)62-46(43-61-64(56,57)60-41-45(50)40-59-63(53,54)55)42-58-47(51)39-38-44(49)36-34-32-30-28-26-24-22-20-18-16-14-12-10-8-6-4-2/h6,8,11-14,17-20,23-26,30,32,34,36,44-46,49-50H,3-5,7,9-10,15-16,21-22,27-29,31,33,35,37-43H2,1-2H3,(H,56,57)(H2,53,54,55)/b8-6-,13-11-,14-12-,19-17-,20-18-,25-23-,26-24-,32-30-,36-34-/t44?,45-,46+/m0/s1. The molecule has 14 nitrogen and oxygen atoms in total. The van der Waals surface area contributed by atoms with E-state index in [2.05, 4.69) is 102 Å². The number of rotatable bonds is 41. The number of unbranched alkanes of at least 4 members (excludes halogenated alkanes) is 7. The van der Waals surface area contributed by atoms with Crippen molar-refractivity contribution in [2.45, 2.75) is 154 Å². The molecule has 0 saturated heterocycles. The smallest absolute Gasteiger partial charge is 0.462 e. The molecule has 0 spiro atoms. The fourth-order valence-electron chi connectivity index (χ4n) is 5.29. The molecule has 64 heavy (non-hydrogen) atoms. The highest BCUT2D eigenvalue weighted by Gasteiger charge is 2.28. The molecule has 0 aliphatic rings. The van der Waals surface area contributed by atoms with Crippen molar-refractivity contribution >= 4 is 27.6 Å². The van der Waals surface area contributed by atoms with Crippen LogP contribution in [0.25, 0.3) is 0 Å². The SMILES string of the molecule is CC/C=C\C/C=C\C/C=C\C/C=C\C/C=C\C=C/C(O)CCC(=O)OC[C@H](COP(=O)(O)OC[C@@H](O)COP(=O)(O)O)OC(=O)CCCCCC/C=C\C/C=C\C/C=C\CCCCC. The van der Waals surface area contributed by atoms with E-state index >= 15 is 0 Å². The summed E-state index contributed by atoms with van der Waals surface area (Å²) in [7, 11) is -9.77. The Morgan fingerprint density at radius 2 is 1.03 bits per heavy atom. The maximum atomic E-state index is 12.7. The molecule has 4 atom stereocenters. The largest absolute Gasteiger partial charge is 0.472 e. The lowest BCUT2D eigenvalue weighted by molar-refractivity contribution is -0.161. The van der Waals surface area contributed by atoms with Gasteiger partial charge >= 0.3 is 27.6 Å². The minimum absolute atomic E-state index is 0.0492. The lowest BCUT2D eigenvalue weighted by Gasteiger charge is -2.20. The minimum atomic E-state index is -4.90. The van der Waals surface area contributed by atoms with E-state index in [0.29, 0.717) is 6.42 Å². The van der Waals surface area contributed by atoms with Gasteiger partial charge in [-0.25, -0.2) is 9.13 Å². The summed E-state index contributed by atoms with van der Waals surface area (Å²) in [6, 6.07) is 0. The van der Waals surface area contributed by atoms with Crippen LogP contribution in [0.5, 0.6) is 0 Å². The molecule has 0 fully saturated rings. The molecular formula is C48H78O14P2. The van der Waals surface area contributed by atoms with Crippen molar-refractivity contribution in [3.63, 3.8) is 0 Å². The summed E-state index contributed by atoms with van der Waals surface area (Å²) in [6.45, 7) is 1.30. The zero-order valence-electron chi connectivity index (χ0n) is 38.2. The second-order valence-electron chi connectivity index (χ2n) is 14.8. The highest BCUT2D eigenvalue weighted by atomic mass is 31.2. The normalized spacial score (nSPS) is 15.4. The van der Waals surface area contributed by atoms with Crippen LogP contribution in [0.1, 0.15) is 136 Å². The molecule has 0 aliphatic carbocycles.